The van der Waals surface area contributed by atoms with Crippen LogP contribution in [0.1, 0.15) is 5.56 Å². The number of amides is 1. The Kier molecular flexibility index (Phi) is 4.89. The van der Waals surface area contributed by atoms with Crippen molar-refractivity contribution < 1.29 is 18.0 Å². The van der Waals surface area contributed by atoms with Gasteiger partial charge >= 0.3 is 6.18 Å². The van der Waals surface area contributed by atoms with Gasteiger partial charge in [-0.3, -0.25) is 9.59 Å². The third-order valence-corrected chi connectivity index (χ3v) is 3.71. The first kappa shape index (κ1) is 16.5. The van der Waals surface area contributed by atoms with Crippen LogP contribution in [0.25, 0.3) is 0 Å². The molecule has 0 aliphatic rings. The first-order valence-electron chi connectivity index (χ1n) is 6.09. The lowest BCUT2D eigenvalue weighted by atomic mass is 10.2. The van der Waals surface area contributed by atoms with Crippen molar-refractivity contribution in [2.24, 2.45) is 0 Å². The van der Waals surface area contributed by atoms with E-state index in [1.165, 1.54) is 0 Å². The molecule has 8 heteroatoms. The lowest BCUT2D eigenvalue weighted by Crippen LogP contribution is -2.28. The predicted octanol–water partition coefficient (Wildman–Crippen LogP) is 3.11. The molecule has 0 spiro atoms. The van der Waals surface area contributed by atoms with E-state index in [1.54, 1.807) is 24.3 Å². The number of rotatable bonds is 3. The molecule has 1 amide bonds. The van der Waals surface area contributed by atoms with Crippen LogP contribution in [0.3, 0.4) is 0 Å². The number of hydrogen-bond acceptors (Lipinski definition) is 2. The lowest BCUT2D eigenvalue weighted by molar-refractivity contribution is -0.138. The van der Waals surface area contributed by atoms with Gasteiger partial charge in [0, 0.05) is 15.8 Å². The minimum atomic E-state index is -4.57. The van der Waals surface area contributed by atoms with Gasteiger partial charge in [-0.25, -0.2) is 0 Å². The Morgan fingerprint density at radius 1 is 1.18 bits per heavy atom. The van der Waals surface area contributed by atoms with Crippen LogP contribution >= 0.6 is 22.6 Å². The average molecular weight is 422 g/mol. The summed E-state index contributed by atoms with van der Waals surface area (Å²) in [6.07, 6.45) is -3.93. The number of nitrogens with zero attached hydrogens (tertiary/aromatic N) is 1. The maximum atomic E-state index is 12.6. The summed E-state index contributed by atoms with van der Waals surface area (Å²) in [7, 11) is 0. The van der Waals surface area contributed by atoms with E-state index in [1.807, 2.05) is 22.6 Å². The standard InChI is InChI=1S/C14H10F3IN2O2/c15-14(16,17)9-5-6-13(22)20(7-9)8-12(21)19-11-4-2-1-3-10(11)18/h1-7H,8H2,(H,19,21). The molecule has 0 unspecified atom stereocenters. The van der Waals surface area contributed by atoms with Gasteiger partial charge in [-0.1, -0.05) is 12.1 Å². The monoisotopic (exact) mass is 422 g/mol. The second kappa shape index (κ2) is 6.51. The Labute approximate surface area is 137 Å². The van der Waals surface area contributed by atoms with E-state index in [0.717, 1.165) is 14.2 Å². The van der Waals surface area contributed by atoms with E-state index in [-0.39, 0.29) is 0 Å². The molecule has 2 rings (SSSR count). The Morgan fingerprint density at radius 3 is 2.50 bits per heavy atom. The van der Waals surface area contributed by atoms with Crippen molar-refractivity contribution in [3.8, 4) is 0 Å². The molecule has 0 aliphatic heterocycles. The zero-order chi connectivity index (χ0) is 16.3. The Balaban J connectivity index is 2.18. The highest BCUT2D eigenvalue weighted by Gasteiger charge is 2.31. The molecule has 116 valence electrons. The fraction of sp³-hybridized carbons (Fsp3) is 0.143. The lowest BCUT2D eigenvalue weighted by Gasteiger charge is -2.11. The van der Waals surface area contributed by atoms with Crippen molar-refractivity contribution in [3.63, 3.8) is 0 Å². The first-order chi connectivity index (χ1) is 10.3. The van der Waals surface area contributed by atoms with Crippen LogP contribution in [-0.4, -0.2) is 10.5 Å². The number of benzene rings is 1. The highest BCUT2D eigenvalue weighted by atomic mass is 127. The highest BCUT2D eigenvalue weighted by molar-refractivity contribution is 14.1. The van der Waals surface area contributed by atoms with Crippen LogP contribution in [0.4, 0.5) is 18.9 Å². The van der Waals surface area contributed by atoms with Gasteiger partial charge in [0.2, 0.25) is 5.91 Å². The molecular formula is C14H10F3IN2O2. The van der Waals surface area contributed by atoms with E-state index in [0.29, 0.717) is 18.0 Å². The van der Waals surface area contributed by atoms with Crippen molar-refractivity contribution >= 4 is 34.2 Å². The summed E-state index contributed by atoms with van der Waals surface area (Å²) >= 11 is 2.02. The smallest absolute Gasteiger partial charge is 0.324 e. The Bertz CT molecular complexity index is 756. The molecule has 0 atom stereocenters. The van der Waals surface area contributed by atoms with E-state index in [2.05, 4.69) is 5.32 Å². The summed E-state index contributed by atoms with van der Waals surface area (Å²) in [4.78, 5) is 23.5. The first-order valence-corrected chi connectivity index (χ1v) is 7.17. The molecule has 22 heavy (non-hydrogen) atoms. The van der Waals surface area contributed by atoms with Gasteiger partial charge in [-0.15, -0.1) is 0 Å². The summed E-state index contributed by atoms with van der Waals surface area (Å²) in [6, 6.07) is 8.42. The van der Waals surface area contributed by atoms with Gasteiger partial charge in [-0.2, -0.15) is 13.2 Å². The van der Waals surface area contributed by atoms with E-state index in [9.17, 15) is 22.8 Å². The van der Waals surface area contributed by atoms with Gasteiger partial charge in [0.25, 0.3) is 5.56 Å². The maximum absolute atomic E-state index is 12.6. The van der Waals surface area contributed by atoms with Gasteiger partial charge in [0.05, 0.1) is 11.3 Å². The van der Waals surface area contributed by atoms with Crippen molar-refractivity contribution in [1.29, 1.82) is 0 Å². The van der Waals surface area contributed by atoms with Crippen molar-refractivity contribution in [2.45, 2.75) is 12.7 Å². The van der Waals surface area contributed by atoms with Crippen LogP contribution < -0.4 is 10.9 Å². The second-order valence-electron chi connectivity index (χ2n) is 4.41. The normalized spacial score (nSPS) is 11.3. The number of alkyl halides is 3. The Hall–Kier alpha value is -1.84. The van der Waals surface area contributed by atoms with Crippen LogP contribution in [0.15, 0.2) is 47.4 Å². The predicted molar refractivity (Wildman–Crippen MR) is 83.5 cm³/mol. The van der Waals surface area contributed by atoms with Crippen LogP contribution in [0.2, 0.25) is 0 Å². The van der Waals surface area contributed by atoms with Crippen LogP contribution in [0, 0.1) is 3.57 Å². The number of aromatic nitrogens is 1. The molecule has 0 fully saturated rings. The number of halogens is 4. The third kappa shape index (κ3) is 4.09. The molecule has 0 saturated carbocycles. The van der Waals surface area contributed by atoms with Gasteiger partial charge < -0.3 is 9.88 Å². The molecular weight excluding hydrogens is 412 g/mol. The fourth-order valence-corrected chi connectivity index (χ4v) is 2.25. The second-order valence-corrected chi connectivity index (χ2v) is 5.57. The highest BCUT2D eigenvalue weighted by Crippen LogP contribution is 2.28. The summed E-state index contributed by atoms with van der Waals surface area (Å²) in [5, 5.41) is 2.56. The molecule has 1 aromatic heterocycles. The van der Waals surface area contributed by atoms with Gasteiger partial charge in [0.15, 0.2) is 0 Å². The molecule has 0 radical (unpaired) electrons. The summed E-state index contributed by atoms with van der Waals surface area (Å²) in [5.74, 6) is -0.578. The number of anilines is 1. The number of pyridine rings is 1. The largest absolute Gasteiger partial charge is 0.417 e. The summed E-state index contributed by atoms with van der Waals surface area (Å²) in [5.41, 5.74) is -1.12. The number of carbonyl (C=O) groups excluding carboxylic acids is 1. The third-order valence-electron chi connectivity index (χ3n) is 2.77. The molecule has 0 aliphatic carbocycles. The molecule has 4 nitrogen and oxygen atoms in total. The maximum Gasteiger partial charge on any atom is 0.417 e. The van der Waals surface area contributed by atoms with Crippen LogP contribution in [-0.2, 0) is 17.5 Å². The minimum Gasteiger partial charge on any atom is -0.324 e. The minimum absolute atomic E-state index is 0.492. The molecule has 1 aromatic carbocycles. The van der Waals surface area contributed by atoms with Crippen molar-refractivity contribution in [1.82, 2.24) is 4.57 Å². The zero-order valence-electron chi connectivity index (χ0n) is 11.0. The van der Waals surface area contributed by atoms with E-state index in [4.69, 9.17) is 0 Å². The molecule has 1 N–H and O–H groups in total. The van der Waals surface area contributed by atoms with Gasteiger partial charge in [0.1, 0.15) is 6.54 Å². The average Bonchev–Trinajstić information content (AvgIpc) is 2.42. The topological polar surface area (TPSA) is 51.1 Å². The fourth-order valence-electron chi connectivity index (χ4n) is 1.73. The molecule has 1 heterocycles. The van der Waals surface area contributed by atoms with Crippen molar-refractivity contribution in [3.05, 3.63) is 62.1 Å². The van der Waals surface area contributed by atoms with E-state index >= 15 is 0 Å². The number of carbonyl (C=O) groups is 1. The quantitative estimate of drug-likeness (QED) is 0.774. The van der Waals surface area contributed by atoms with Crippen molar-refractivity contribution in [2.75, 3.05) is 5.32 Å². The van der Waals surface area contributed by atoms with Crippen LogP contribution in [0.5, 0.6) is 0 Å². The number of nitrogens with one attached hydrogen (secondary N) is 1. The molecule has 0 bridgehead atoms. The van der Waals surface area contributed by atoms with Gasteiger partial charge in [-0.05, 0) is 40.8 Å². The summed E-state index contributed by atoms with van der Waals surface area (Å²) < 4.78 is 39.4. The summed E-state index contributed by atoms with van der Waals surface area (Å²) in [6.45, 7) is -0.492. The zero-order valence-corrected chi connectivity index (χ0v) is 13.2. The number of para-hydroxylation sites is 1. The molecule has 2 aromatic rings. The SMILES string of the molecule is O=C(Cn1cc(C(F)(F)F)ccc1=O)Nc1ccccc1I. The molecule has 0 saturated heterocycles. The Morgan fingerprint density at radius 2 is 1.86 bits per heavy atom. The van der Waals surface area contributed by atoms with E-state index < -0.39 is 29.8 Å². The number of hydrogen-bond donors (Lipinski definition) is 1.